The van der Waals surface area contributed by atoms with E-state index in [1.54, 1.807) is 0 Å². The summed E-state index contributed by atoms with van der Waals surface area (Å²) >= 11 is 2.00. The van der Waals surface area contributed by atoms with Gasteiger partial charge in [0.15, 0.2) is 0 Å². The quantitative estimate of drug-likeness (QED) is 0.581. The zero-order valence-corrected chi connectivity index (χ0v) is 15.2. The first-order chi connectivity index (χ1) is 9.54. The first kappa shape index (κ1) is 19.4. The van der Waals surface area contributed by atoms with Crippen LogP contribution < -0.4 is 5.32 Å². The van der Waals surface area contributed by atoms with E-state index in [1.165, 1.54) is 16.2 Å². The van der Waals surface area contributed by atoms with Gasteiger partial charge in [-0.15, -0.1) is 11.8 Å². The smallest absolute Gasteiger partial charge is 0.0786 e. The molecule has 0 fully saturated rings. The maximum absolute atomic E-state index is 3.57. The molecule has 1 N–H and O–H groups in total. The summed E-state index contributed by atoms with van der Waals surface area (Å²) in [5.74, 6) is 0.682. The van der Waals surface area contributed by atoms with E-state index in [9.17, 15) is 0 Å². The molecular formula is C18H33NS. The molecular weight excluding hydrogens is 262 g/mol. The Balaban J connectivity index is 0.00000172. The van der Waals surface area contributed by atoms with Gasteiger partial charge in [0, 0.05) is 10.6 Å². The van der Waals surface area contributed by atoms with Crippen LogP contribution in [0, 0.1) is 5.92 Å². The van der Waals surface area contributed by atoms with E-state index >= 15 is 0 Å². The third-order valence-electron chi connectivity index (χ3n) is 3.11. The highest BCUT2D eigenvalue weighted by atomic mass is 32.2. The molecule has 1 unspecified atom stereocenters. The SMILES string of the molecule is CC.CC/C=C(/C)CC=CCC1=C(C)NC(C(C)C)S1. The Hall–Kier alpha value is -0.630. The molecule has 0 saturated heterocycles. The normalized spacial score (nSPS) is 19.4. The molecule has 1 atom stereocenters. The van der Waals surface area contributed by atoms with Crippen molar-refractivity contribution in [3.05, 3.63) is 34.4 Å². The van der Waals surface area contributed by atoms with Crippen molar-refractivity contribution >= 4 is 11.8 Å². The van der Waals surface area contributed by atoms with Gasteiger partial charge in [-0.2, -0.15) is 0 Å². The molecule has 0 aromatic rings. The Morgan fingerprint density at radius 2 is 1.95 bits per heavy atom. The largest absolute Gasteiger partial charge is 0.376 e. The summed E-state index contributed by atoms with van der Waals surface area (Å²) in [6, 6.07) is 0. The van der Waals surface area contributed by atoms with E-state index in [0.717, 1.165) is 19.3 Å². The van der Waals surface area contributed by atoms with Crippen molar-refractivity contribution in [3.8, 4) is 0 Å². The van der Waals surface area contributed by atoms with Gasteiger partial charge in [-0.1, -0.05) is 58.4 Å². The molecule has 1 aliphatic rings. The molecule has 0 amide bonds. The summed E-state index contributed by atoms with van der Waals surface area (Å²) in [5.41, 5.74) is 2.83. The lowest BCUT2D eigenvalue weighted by atomic mass is 10.1. The minimum Gasteiger partial charge on any atom is -0.376 e. The summed E-state index contributed by atoms with van der Waals surface area (Å²) in [6.07, 6.45) is 10.2. The predicted octanol–water partition coefficient (Wildman–Crippen LogP) is 6.26. The van der Waals surface area contributed by atoms with E-state index in [-0.39, 0.29) is 0 Å². The fourth-order valence-electron chi connectivity index (χ4n) is 1.96. The Labute approximate surface area is 131 Å². The number of allylic oxidation sites excluding steroid dienone is 6. The van der Waals surface area contributed by atoms with Crippen LogP contribution in [0.15, 0.2) is 34.4 Å². The number of hydrogen-bond acceptors (Lipinski definition) is 2. The molecule has 1 heterocycles. The molecule has 1 aliphatic heterocycles. The van der Waals surface area contributed by atoms with Crippen LogP contribution in [0.5, 0.6) is 0 Å². The molecule has 0 aliphatic carbocycles. The Bertz CT molecular complexity index is 350. The van der Waals surface area contributed by atoms with Gasteiger partial charge in [0.25, 0.3) is 0 Å². The minimum absolute atomic E-state index is 0.565. The standard InChI is InChI=1S/C16H27NS.C2H6/c1-6-9-13(4)10-7-8-11-15-14(5)17-16(18-15)12(2)3;1-2/h7-9,12,16-17H,6,10-11H2,1-5H3;1-2H3/b8-7?,13-9-;. The summed E-state index contributed by atoms with van der Waals surface area (Å²) in [7, 11) is 0. The number of rotatable bonds is 6. The first-order valence-corrected chi connectivity index (χ1v) is 8.86. The average molecular weight is 296 g/mol. The Kier molecular flexibility index (Phi) is 10.7. The lowest BCUT2D eigenvalue weighted by molar-refractivity contribution is 0.563. The van der Waals surface area contributed by atoms with Crippen LogP contribution in [0.1, 0.15) is 67.7 Å². The van der Waals surface area contributed by atoms with Gasteiger partial charge in [-0.25, -0.2) is 0 Å². The van der Waals surface area contributed by atoms with Crippen molar-refractivity contribution in [2.75, 3.05) is 0 Å². The van der Waals surface area contributed by atoms with Gasteiger partial charge in [-0.3, -0.25) is 0 Å². The predicted molar refractivity (Wildman–Crippen MR) is 95.8 cm³/mol. The topological polar surface area (TPSA) is 12.0 Å². The van der Waals surface area contributed by atoms with Crippen LogP contribution in [0.3, 0.4) is 0 Å². The van der Waals surface area contributed by atoms with Crippen LogP contribution in [-0.4, -0.2) is 5.37 Å². The maximum Gasteiger partial charge on any atom is 0.0786 e. The van der Waals surface area contributed by atoms with Gasteiger partial charge in [-0.05, 0) is 39.0 Å². The molecule has 0 radical (unpaired) electrons. The van der Waals surface area contributed by atoms with Crippen LogP contribution in [-0.2, 0) is 0 Å². The van der Waals surface area contributed by atoms with Gasteiger partial charge in [0.1, 0.15) is 0 Å². The van der Waals surface area contributed by atoms with E-state index in [4.69, 9.17) is 0 Å². The van der Waals surface area contributed by atoms with E-state index in [1.807, 2.05) is 25.6 Å². The third-order valence-corrected chi connectivity index (χ3v) is 4.79. The Morgan fingerprint density at radius 1 is 1.30 bits per heavy atom. The monoisotopic (exact) mass is 295 g/mol. The lowest BCUT2D eigenvalue weighted by Gasteiger charge is -2.14. The highest BCUT2D eigenvalue weighted by Crippen LogP contribution is 2.36. The van der Waals surface area contributed by atoms with Crippen LogP contribution in [0.4, 0.5) is 0 Å². The molecule has 0 aromatic heterocycles. The zero-order valence-electron chi connectivity index (χ0n) is 14.4. The summed E-state index contributed by atoms with van der Waals surface area (Å²) < 4.78 is 0. The number of hydrogen-bond donors (Lipinski definition) is 1. The van der Waals surface area contributed by atoms with Crippen molar-refractivity contribution in [2.45, 2.75) is 73.1 Å². The summed E-state index contributed by atoms with van der Waals surface area (Å²) in [5, 5.41) is 4.14. The molecule has 0 saturated carbocycles. The van der Waals surface area contributed by atoms with Crippen LogP contribution in [0.25, 0.3) is 0 Å². The van der Waals surface area contributed by atoms with Crippen molar-refractivity contribution in [2.24, 2.45) is 5.92 Å². The van der Waals surface area contributed by atoms with Crippen LogP contribution >= 0.6 is 11.8 Å². The van der Waals surface area contributed by atoms with Gasteiger partial charge >= 0.3 is 0 Å². The van der Waals surface area contributed by atoms with Crippen LogP contribution in [0.2, 0.25) is 0 Å². The molecule has 0 bridgehead atoms. The molecule has 0 aromatic carbocycles. The summed E-state index contributed by atoms with van der Waals surface area (Å²) in [6.45, 7) is 15.1. The molecule has 0 spiro atoms. The van der Waals surface area contributed by atoms with Crippen molar-refractivity contribution in [1.82, 2.24) is 5.32 Å². The Morgan fingerprint density at radius 3 is 2.45 bits per heavy atom. The second-order valence-corrected chi connectivity index (χ2v) is 6.55. The third kappa shape index (κ3) is 7.23. The van der Waals surface area contributed by atoms with E-state index in [2.05, 4.69) is 58.2 Å². The van der Waals surface area contributed by atoms with Gasteiger partial charge in [0.05, 0.1) is 5.37 Å². The highest BCUT2D eigenvalue weighted by molar-refractivity contribution is 8.03. The number of thioether (sulfide) groups is 1. The second-order valence-electron chi connectivity index (χ2n) is 5.31. The van der Waals surface area contributed by atoms with Gasteiger partial charge in [0.2, 0.25) is 0 Å². The minimum atomic E-state index is 0.565. The highest BCUT2D eigenvalue weighted by Gasteiger charge is 2.22. The zero-order chi connectivity index (χ0) is 15.5. The van der Waals surface area contributed by atoms with Crippen molar-refractivity contribution in [3.63, 3.8) is 0 Å². The van der Waals surface area contributed by atoms with Crippen molar-refractivity contribution in [1.29, 1.82) is 0 Å². The maximum atomic E-state index is 3.57. The second kappa shape index (κ2) is 11.1. The lowest BCUT2D eigenvalue weighted by Crippen LogP contribution is -2.24. The van der Waals surface area contributed by atoms with E-state index < -0.39 is 0 Å². The van der Waals surface area contributed by atoms with E-state index in [0.29, 0.717) is 11.3 Å². The molecule has 20 heavy (non-hydrogen) atoms. The summed E-state index contributed by atoms with van der Waals surface area (Å²) in [4.78, 5) is 1.50. The fourth-order valence-corrected chi connectivity index (χ4v) is 3.20. The number of nitrogens with one attached hydrogen (secondary N) is 1. The van der Waals surface area contributed by atoms with Crippen molar-refractivity contribution < 1.29 is 0 Å². The molecule has 1 rings (SSSR count). The molecule has 1 nitrogen and oxygen atoms in total. The first-order valence-electron chi connectivity index (χ1n) is 7.98. The van der Waals surface area contributed by atoms with Gasteiger partial charge < -0.3 is 5.32 Å². The molecule has 116 valence electrons. The average Bonchev–Trinajstić information content (AvgIpc) is 2.79. The molecule has 2 heteroatoms. The fraction of sp³-hybridized carbons (Fsp3) is 0.667.